The Labute approximate surface area is 147 Å². The van der Waals surface area contributed by atoms with E-state index in [1.165, 1.54) is 0 Å². The molecule has 2 bridgehead atoms. The maximum absolute atomic E-state index is 13.0. The molecule has 2 aliphatic rings. The van der Waals surface area contributed by atoms with E-state index in [-0.39, 0.29) is 24.4 Å². The average molecular weight is 347 g/mol. The van der Waals surface area contributed by atoms with Crippen LogP contribution in [0.25, 0.3) is 0 Å². The third-order valence-corrected chi connectivity index (χ3v) is 4.80. The second-order valence-corrected chi connectivity index (χ2v) is 7.04. The number of rotatable bonds is 4. The van der Waals surface area contributed by atoms with Gasteiger partial charge < -0.3 is 19.6 Å². The number of amides is 1. The molecule has 0 aromatic heterocycles. The Balaban J connectivity index is 1.78. The molecule has 1 aromatic carbocycles. The third-order valence-electron chi connectivity index (χ3n) is 4.80. The third kappa shape index (κ3) is 4.11. The standard InChI is InChI=1S/C18H25N3O4/c1-19(2)15-5-3-14(4-6-15)18(24)21-8-13-7-20(10-17(22)23)9-16(21)12-25-11-13/h3-6,13,16H,7-12H2,1-2H3,(H,22,23)/t13-,16-/m0/s1. The Morgan fingerprint density at radius 2 is 1.88 bits per heavy atom. The monoisotopic (exact) mass is 347 g/mol. The maximum Gasteiger partial charge on any atom is 0.317 e. The van der Waals surface area contributed by atoms with Crippen LogP contribution in [0.4, 0.5) is 5.69 Å². The minimum atomic E-state index is -0.835. The lowest BCUT2D eigenvalue weighted by atomic mass is 10.1. The molecule has 25 heavy (non-hydrogen) atoms. The van der Waals surface area contributed by atoms with Gasteiger partial charge in [0.25, 0.3) is 5.91 Å². The normalized spacial score (nSPS) is 23.8. The number of hydrogen-bond acceptors (Lipinski definition) is 5. The molecule has 136 valence electrons. The van der Waals surface area contributed by atoms with E-state index in [0.29, 0.717) is 38.4 Å². The number of carboxylic acids is 1. The number of hydrogen-bond donors (Lipinski definition) is 1. The lowest BCUT2D eigenvalue weighted by Gasteiger charge is -2.30. The first-order chi connectivity index (χ1) is 11.9. The summed E-state index contributed by atoms with van der Waals surface area (Å²) in [6.45, 7) is 2.81. The summed E-state index contributed by atoms with van der Waals surface area (Å²) in [5.41, 5.74) is 1.70. The van der Waals surface area contributed by atoms with Crippen LogP contribution < -0.4 is 4.90 Å². The first-order valence-corrected chi connectivity index (χ1v) is 8.54. The molecule has 1 aromatic rings. The predicted octanol–water partition coefficient (Wildman–Crippen LogP) is 0.610. The van der Waals surface area contributed by atoms with Crippen LogP contribution in [0.3, 0.4) is 0 Å². The molecule has 0 spiro atoms. The van der Waals surface area contributed by atoms with Gasteiger partial charge in [-0.25, -0.2) is 0 Å². The lowest BCUT2D eigenvalue weighted by Crippen LogP contribution is -2.47. The van der Waals surface area contributed by atoms with Crippen molar-refractivity contribution < 1.29 is 19.4 Å². The van der Waals surface area contributed by atoms with Gasteiger partial charge in [0.05, 0.1) is 25.8 Å². The number of carboxylic acid groups (broad SMARTS) is 1. The van der Waals surface area contributed by atoms with Crippen LogP contribution in [0.15, 0.2) is 24.3 Å². The second kappa shape index (κ2) is 7.41. The smallest absolute Gasteiger partial charge is 0.317 e. The summed E-state index contributed by atoms with van der Waals surface area (Å²) in [4.78, 5) is 29.9. The molecule has 2 heterocycles. The highest BCUT2D eigenvalue weighted by Crippen LogP contribution is 2.22. The first kappa shape index (κ1) is 17.7. The van der Waals surface area contributed by atoms with E-state index in [2.05, 4.69) is 0 Å². The minimum Gasteiger partial charge on any atom is -0.480 e. The minimum absolute atomic E-state index is 0.00651. The van der Waals surface area contributed by atoms with E-state index < -0.39 is 5.97 Å². The number of aliphatic carboxylic acids is 1. The Kier molecular flexibility index (Phi) is 5.24. The van der Waals surface area contributed by atoms with Gasteiger partial charge in [-0.1, -0.05) is 0 Å². The molecule has 0 aliphatic carbocycles. The van der Waals surface area contributed by atoms with Gasteiger partial charge in [-0.3, -0.25) is 14.5 Å². The van der Waals surface area contributed by atoms with E-state index in [0.717, 1.165) is 5.69 Å². The van der Waals surface area contributed by atoms with Crippen LogP contribution in [0.5, 0.6) is 0 Å². The van der Waals surface area contributed by atoms with Gasteiger partial charge in [0.15, 0.2) is 0 Å². The van der Waals surface area contributed by atoms with Gasteiger partial charge >= 0.3 is 5.97 Å². The molecular weight excluding hydrogens is 322 g/mol. The molecule has 0 saturated carbocycles. The summed E-state index contributed by atoms with van der Waals surface area (Å²) in [7, 11) is 3.92. The molecule has 0 radical (unpaired) electrons. The van der Waals surface area contributed by atoms with Crippen LogP contribution >= 0.6 is 0 Å². The zero-order valence-electron chi connectivity index (χ0n) is 14.7. The quantitative estimate of drug-likeness (QED) is 0.860. The largest absolute Gasteiger partial charge is 0.480 e. The summed E-state index contributed by atoms with van der Waals surface area (Å²) in [6, 6.07) is 7.45. The SMILES string of the molecule is CN(C)c1ccc(C(=O)N2C[C@H]3COC[C@@H]2CN(CC(=O)O)C3)cc1. The molecule has 1 amide bonds. The Bertz CT molecular complexity index is 632. The molecule has 0 unspecified atom stereocenters. The highest BCUT2D eigenvalue weighted by Gasteiger charge is 2.36. The number of carbonyl (C=O) groups is 2. The summed E-state index contributed by atoms with van der Waals surface area (Å²) in [6.07, 6.45) is 0. The number of ether oxygens (including phenoxy) is 1. The zero-order valence-corrected chi connectivity index (χ0v) is 14.7. The summed E-state index contributed by atoms with van der Waals surface area (Å²) >= 11 is 0. The first-order valence-electron chi connectivity index (χ1n) is 8.54. The number of nitrogens with zero attached hydrogens (tertiary/aromatic N) is 3. The van der Waals surface area contributed by atoms with E-state index >= 15 is 0 Å². The van der Waals surface area contributed by atoms with Crippen molar-refractivity contribution in [2.45, 2.75) is 6.04 Å². The Morgan fingerprint density at radius 3 is 2.52 bits per heavy atom. The molecule has 2 aliphatic heterocycles. The van der Waals surface area contributed by atoms with Gasteiger partial charge in [-0.2, -0.15) is 0 Å². The van der Waals surface area contributed by atoms with Crippen molar-refractivity contribution in [1.82, 2.24) is 9.80 Å². The fourth-order valence-corrected chi connectivity index (χ4v) is 3.58. The van der Waals surface area contributed by atoms with Gasteiger partial charge in [0.1, 0.15) is 0 Å². The Morgan fingerprint density at radius 1 is 1.16 bits per heavy atom. The lowest BCUT2D eigenvalue weighted by molar-refractivity contribution is -0.138. The zero-order chi connectivity index (χ0) is 18.0. The molecule has 1 N–H and O–H groups in total. The molecule has 3 rings (SSSR count). The summed E-state index contributed by atoms with van der Waals surface area (Å²) < 4.78 is 5.71. The molecule has 7 nitrogen and oxygen atoms in total. The molecular formula is C18H25N3O4. The maximum atomic E-state index is 13.0. The fourth-order valence-electron chi connectivity index (χ4n) is 3.58. The van der Waals surface area contributed by atoms with Crippen molar-refractivity contribution in [3.8, 4) is 0 Å². The molecule has 2 saturated heterocycles. The van der Waals surface area contributed by atoms with E-state index in [1.54, 1.807) is 0 Å². The van der Waals surface area contributed by atoms with E-state index in [1.807, 2.05) is 53.1 Å². The van der Waals surface area contributed by atoms with Gasteiger partial charge in [-0.05, 0) is 24.3 Å². The van der Waals surface area contributed by atoms with Crippen LogP contribution in [-0.2, 0) is 9.53 Å². The number of anilines is 1. The molecule has 7 heteroatoms. The van der Waals surface area contributed by atoms with Crippen LogP contribution in [-0.4, -0.2) is 86.3 Å². The average Bonchev–Trinajstić information content (AvgIpc) is 2.84. The van der Waals surface area contributed by atoms with E-state index in [9.17, 15) is 9.59 Å². The Hall–Kier alpha value is -2.12. The summed E-state index contributed by atoms with van der Waals surface area (Å²) in [5.74, 6) is -0.710. The van der Waals surface area contributed by atoms with Crippen molar-refractivity contribution in [3.05, 3.63) is 29.8 Å². The predicted molar refractivity (Wildman–Crippen MR) is 94.0 cm³/mol. The van der Waals surface area contributed by atoms with Crippen molar-refractivity contribution >= 4 is 17.6 Å². The second-order valence-electron chi connectivity index (χ2n) is 7.04. The van der Waals surface area contributed by atoms with Crippen LogP contribution in [0.1, 0.15) is 10.4 Å². The van der Waals surface area contributed by atoms with Gasteiger partial charge in [-0.15, -0.1) is 0 Å². The van der Waals surface area contributed by atoms with E-state index in [4.69, 9.17) is 9.84 Å². The molecule has 2 fully saturated rings. The van der Waals surface area contributed by atoms with Crippen molar-refractivity contribution in [1.29, 1.82) is 0 Å². The highest BCUT2D eigenvalue weighted by molar-refractivity contribution is 5.95. The van der Waals surface area contributed by atoms with Gasteiger partial charge in [0, 0.05) is 50.9 Å². The fraction of sp³-hybridized carbons (Fsp3) is 0.556. The van der Waals surface area contributed by atoms with Gasteiger partial charge in [0.2, 0.25) is 0 Å². The van der Waals surface area contributed by atoms with Crippen LogP contribution in [0.2, 0.25) is 0 Å². The van der Waals surface area contributed by atoms with Crippen LogP contribution in [0, 0.1) is 5.92 Å². The van der Waals surface area contributed by atoms with Crippen molar-refractivity contribution in [3.63, 3.8) is 0 Å². The van der Waals surface area contributed by atoms with Crippen molar-refractivity contribution in [2.75, 3.05) is 58.4 Å². The number of fused-ring (bicyclic) bond motifs is 3. The molecule has 2 atom stereocenters. The number of carbonyl (C=O) groups excluding carboxylic acids is 1. The highest BCUT2D eigenvalue weighted by atomic mass is 16.5. The topological polar surface area (TPSA) is 73.3 Å². The number of benzene rings is 1. The van der Waals surface area contributed by atoms with Crippen molar-refractivity contribution in [2.24, 2.45) is 5.92 Å². The summed E-state index contributed by atoms with van der Waals surface area (Å²) in [5, 5.41) is 9.09.